The molecule has 0 aromatic heterocycles. The van der Waals surface area contributed by atoms with E-state index < -0.39 is 9.05 Å². The summed E-state index contributed by atoms with van der Waals surface area (Å²) in [6.07, 6.45) is 0. The van der Waals surface area contributed by atoms with Gasteiger partial charge in [0.05, 0.1) is 11.5 Å². The van der Waals surface area contributed by atoms with Crippen molar-refractivity contribution in [2.45, 2.75) is 18.4 Å². The van der Waals surface area contributed by atoms with Gasteiger partial charge in [-0.1, -0.05) is 17.6 Å². The van der Waals surface area contributed by atoms with E-state index >= 15 is 0 Å². The molecule has 0 saturated heterocycles. The van der Waals surface area contributed by atoms with E-state index in [0.717, 1.165) is 0 Å². The molecule has 80 valence electrons. The summed E-state index contributed by atoms with van der Waals surface area (Å²) >= 11 is 0. The molecule has 6 heteroatoms. The number of halogens is 1. The van der Waals surface area contributed by atoms with Gasteiger partial charge in [0.1, 0.15) is 7.85 Å². The topological polar surface area (TPSA) is 43.4 Å². The van der Waals surface area contributed by atoms with Crippen LogP contribution in [0.25, 0.3) is 0 Å². The highest BCUT2D eigenvalue weighted by atomic mass is 35.7. The third-order valence-electron chi connectivity index (χ3n) is 1.88. The Kier molecular flexibility index (Phi) is 4.19. The van der Waals surface area contributed by atoms with Crippen LogP contribution in [0.3, 0.4) is 0 Å². The van der Waals surface area contributed by atoms with E-state index in [1.165, 1.54) is 6.07 Å². The molecular weight excluding hydrogens is 234 g/mol. The van der Waals surface area contributed by atoms with Gasteiger partial charge in [-0.15, -0.1) is 0 Å². The zero-order chi connectivity index (χ0) is 11.5. The third kappa shape index (κ3) is 3.22. The highest BCUT2D eigenvalue weighted by molar-refractivity contribution is 8.13. The monoisotopic (exact) mass is 244 g/mol. The molecule has 0 aliphatic carbocycles. The fourth-order valence-corrected chi connectivity index (χ4v) is 2.18. The van der Waals surface area contributed by atoms with E-state index in [1.807, 2.05) is 6.92 Å². The van der Waals surface area contributed by atoms with Crippen molar-refractivity contribution in [2.24, 2.45) is 0 Å². The maximum Gasteiger partial charge on any atom is 0.260 e. The zero-order valence-corrected chi connectivity index (χ0v) is 9.81. The average Bonchev–Trinajstić information content (AvgIpc) is 2.14. The predicted octanol–water partition coefficient (Wildman–Crippen LogP) is 0.944. The minimum absolute atomic E-state index is 0.0682. The lowest BCUT2D eigenvalue weighted by atomic mass is 9.91. The third-order valence-corrected chi connectivity index (χ3v) is 3.26. The van der Waals surface area contributed by atoms with Gasteiger partial charge < -0.3 is 4.74 Å². The first-order valence-corrected chi connectivity index (χ1v) is 6.67. The largest absolute Gasteiger partial charge is 0.377 e. The van der Waals surface area contributed by atoms with Crippen LogP contribution in [0.2, 0.25) is 0 Å². The lowest BCUT2D eigenvalue weighted by Crippen LogP contribution is -2.18. The first-order valence-electron chi connectivity index (χ1n) is 4.36. The van der Waals surface area contributed by atoms with E-state index in [1.54, 1.807) is 12.1 Å². The van der Waals surface area contributed by atoms with Crippen molar-refractivity contribution >= 4 is 33.0 Å². The minimum atomic E-state index is -3.79. The van der Waals surface area contributed by atoms with E-state index in [4.69, 9.17) is 23.3 Å². The second kappa shape index (κ2) is 5.01. The molecule has 0 amide bonds. The first kappa shape index (κ1) is 12.6. The van der Waals surface area contributed by atoms with E-state index in [-0.39, 0.29) is 17.0 Å². The van der Waals surface area contributed by atoms with Gasteiger partial charge in [0, 0.05) is 17.3 Å². The van der Waals surface area contributed by atoms with Crippen LogP contribution in [0.1, 0.15) is 12.5 Å². The van der Waals surface area contributed by atoms with Crippen LogP contribution in [-0.4, -0.2) is 22.9 Å². The lowest BCUT2D eigenvalue weighted by Gasteiger charge is -2.09. The Morgan fingerprint density at radius 2 is 2.13 bits per heavy atom. The summed E-state index contributed by atoms with van der Waals surface area (Å²) < 4.78 is 27.4. The Morgan fingerprint density at radius 3 is 2.67 bits per heavy atom. The number of ether oxygens (including phenoxy) is 1. The quantitative estimate of drug-likeness (QED) is 0.585. The molecule has 0 unspecified atom stereocenters. The Bertz CT molecular complexity index is 445. The predicted molar refractivity (Wildman–Crippen MR) is 60.2 cm³/mol. The molecule has 0 saturated carbocycles. The molecule has 0 N–H and O–H groups in total. The Morgan fingerprint density at radius 1 is 1.47 bits per heavy atom. The number of hydrogen-bond donors (Lipinski definition) is 0. The van der Waals surface area contributed by atoms with Crippen molar-refractivity contribution in [3.8, 4) is 0 Å². The zero-order valence-electron chi connectivity index (χ0n) is 8.23. The fourth-order valence-electron chi connectivity index (χ4n) is 1.14. The number of hydrogen-bond acceptors (Lipinski definition) is 3. The molecule has 15 heavy (non-hydrogen) atoms. The molecule has 0 aliphatic rings. The van der Waals surface area contributed by atoms with Gasteiger partial charge in [0.2, 0.25) is 0 Å². The van der Waals surface area contributed by atoms with Crippen LogP contribution in [0.5, 0.6) is 0 Å². The van der Waals surface area contributed by atoms with Crippen LogP contribution < -0.4 is 5.46 Å². The van der Waals surface area contributed by atoms with Crippen LogP contribution in [0, 0.1) is 0 Å². The standard InChI is InChI=1S/C9H10BClO3S/c1-2-14-6-7-4-3-5-8(9(7)10)15(11,12)13/h3-5H,2,6H2,1H3. The highest BCUT2D eigenvalue weighted by Crippen LogP contribution is 2.13. The molecule has 2 radical (unpaired) electrons. The molecule has 0 bridgehead atoms. The summed E-state index contributed by atoms with van der Waals surface area (Å²) in [5.41, 5.74) is 0.777. The van der Waals surface area contributed by atoms with Gasteiger partial charge in [-0.3, -0.25) is 0 Å². The van der Waals surface area contributed by atoms with Crippen LogP contribution in [-0.2, 0) is 20.4 Å². The van der Waals surface area contributed by atoms with E-state index in [2.05, 4.69) is 0 Å². The van der Waals surface area contributed by atoms with Crippen molar-refractivity contribution in [2.75, 3.05) is 6.61 Å². The van der Waals surface area contributed by atoms with Crippen molar-refractivity contribution in [3.05, 3.63) is 23.8 Å². The highest BCUT2D eigenvalue weighted by Gasteiger charge is 2.14. The molecule has 1 aromatic rings. The molecule has 0 spiro atoms. The van der Waals surface area contributed by atoms with Crippen molar-refractivity contribution in [3.63, 3.8) is 0 Å². The second-order valence-corrected chi connectivity index (χ2v) is 5.44. The Balaban J connectivity index is 3.12. The summed E-state index contributed by atoms with van der Waals surface area (Å²) in [7, 11) is 7.10. The minimum Gasteiger partial charge on any atom is -0.377 e. The van der Waals surface area contributed by atoms with Crippen LogP contribution in [0.4, 0.5) is 0 Å². The van der Waals surface area contributed by atoms with Crippen LogP contribution >= 0.6 is 10.7 Å². The first-order chi connectivity index (χ1) is 6.96. The summed E-state index contributed by atoms with van der Waals surface area (Å²) in [5.74, 6) is 0. The van der Waals surface area contributed by atoms with Gasteiger partial charge >= 0.3 is 0 Å². The molecular formula is C9H10BClO3S. The van der Waals surface area contributed by atoms with E-state index in [0.29, 0.717) is 12.2 Å². The smallest absolute Gasteiger partial charge is 0.260 e. The maximum atomic E-state index is 11.1. The molecule has 1 aromatic carbocycles. The summed E-state index contributed by atoms with van der Waals surface area (Å²) in [5, 5.41) is 0. The molecule has 0 atom stereocenters. The lowest BCUT2D eigenvalue weighted by molar-refractivity contribution is 0.134. The van der Waals surface area contributed by atoms with Gasteiger partial charge in [-0.25, -0.2) is 8.42 Å². The van der Waals surface area contributed by atoms with Crippen molar-refractivity contribution in [1.82, 2.24) is 0 Å². The normalized spacial score (nSPS) is 11.6. The molecule has 1 rings (SSSR count). The molecule has 0 heterocycles. The second-order valence-electron chi connectivity index (χ2n) is 2.90. The molecule has 0 aliphatic heterocycles. The Labute approximate surface area is 95.2 Å². The van der Waals surface area contributed by atoms with Gasteiger partial charge in [-0.2, -0.15) is 0 Å². The van der Waals surface area contributed by atoms with Crippen molar-refractivity contribution in [1.29, 1.82) is 0 Å². The number of benzene rings is 1. The fraction of sp³-hybridized carbons (Fsp3) is 0.333. The van der Waals surface area contributed by atoms with E-state index in [9.17, 15) is 8.42 Å². The summed E-state index contributed by atoms with van der Waals surface area (Å²) in [6.45, 7) is 2.66. The van der Waals surface area contributed by atoms with Crippen molar-refractivity contribution < 1.29 is 13.2 Å². The maximum absolute atomic E-state index is 11.1. The summed E-state index contributed by atoms with van der Waals surface area (Å²) in [4.78, 5) is -0.0682. The van der Waals surface area contributed by atoms with Gasteiger partial charge in [0.25, 0.3) is 9.05 Å². The molecule has 3 nitrogen and oxygen atoms in total. The SMILES string of the molecule is [B]c1c(COCC)cccc1S(=O)(=O)Cl. The van der Waals surface area contributed by atoms with Gasteiger partial charge in [-0.05, 0) is 18.6 Å². The number of rotatable bonds is 4. The average molecular weight is 245 g/mol. The summed E-state index contributed by atoms with van der Waals surface area (Å²) in [6, 6.07) is 4.66. The van der Waals surface area contributed by atoms with Gasteiger partial charge in [0.15, 0.2) is 0 Å². The Hall–Kier alpha value is -0.515. The van der Waals surface area contributed by atoms with Crippen LogP contribution in [0.15, 0.2) is 23.1 Å². The molecule has 0 fully saturated rings.